The van der Waals surface area contributed by atoms with Crippen molar-refractivity contribution in [2.24, 2.45) is 4.99 Å². The molecule has 0 unspecified atom stereocenters. The number of anilines is 1. The highest BCUT2D eigenvalue weighted by atomic mass is 16.5. The van der Waals surface area contributed by atoms with Gasteiger partial charge in [-0.15, -0.1) is 0 Å². The average Bonchev–Trinajstić information content (AvgIpc) is 2.72. The van der Waals surface area contributed by atoms with Crippen molar-refractivity contribution in [2.75, 3.05) is 44.7 Å². The summed E-state index contributed by atoms with van der Waals surface area (Å²) in [5, 5.41) is 6.27. The average molecular weight is 395 g/mol. The number of aryl methyl sites for hydroxylation is 2. The van der Waals surface area contributed by atoms with Crippen molar-refractivity contribution < 1.29 is 9.53 Å². The van der Waals surface area contributed by atoms with Gasteiger partial charge in [-0.2, -0.15) is 0 Å². The van der Waals surface area contributed by atoms with E-state index in [4.69, 9.17) is 4.74 Å². The van der Waals surface area contributed by atoms with Gasteiger partial charge in [-0.05, 0) is 50.1 Å². The number of guanidine groups is 1. The first kappa shape index (κ1) is 21.0. The van der Waals surface area contributed by atoms with Crippen LogP contribution in [0.3, 0.4) is 0 Å². The van der Waals surface area contributed by atoms with Crippen molar-refractivity contribution in [3.05, 3.63) is 64.7 Å². The Bertz CT molecular complexity index is 873. The molecule has 1 amide bonds. The molecular weight excluding hydrogens is 364 g/mol. The number of hydrogen-bond acceptors (Lipinski definition) is 4. The minimum Gasteiger partial charge on any atom is -0.379 e. The van der Waals surface area contributed by atoms with Gasteiger partial charge in [0.1, 0.15) is 0 Å². The highest BCUT2D eigenvalue weighted by Crippen LogP contribution is 2.18. The molecule has 6 heteroatoms. The number of rotatable bonds is 5. The lowest BCUT2D eigenvalue weighted by molar-refractivity contribution is 0.0394. The molecule has 1 heterocycles. The fourth-order valence-corrected chi connectivity index (χ4v) is 3.22. The van der Waals surface area contributed by atoms with Crippen LogP contribution < -0.4 is 10.6 Å². The van der Waals surface area contributed by atoms with E-state index < -0.39 is 0 Å². The molecule has 0 aliphatic carbocycles. The molecule has 1 aliphatic heterocycles. The van der Waals surface area contributed by atoms with Crippen LogP contribution in [0.25, 0.3) is 0 Å². The highest BCUT2D eigenvalue weighted by Gasteiger charge is 2.12. The first-order valence-electron chi connectivity index (χ1n) is 10.1. The molecule has 29 heavy (non-hydrogen) atoms. The second-order valence-electron chi connectivity index (χ2n) is 7.38. The van der Waals surface area contributed by atoms with E-state index in [0.717, 1.165) is 49.7 Å². The smallest absolute Gasteiger partial charge is 0.257 e. The second kappa shape index (κ2) is 10.2. The van der Waals surface area contributed by atoms with Crippen LogP contribution in [0.4, 0.5) is 5.69 Å². The molecule has 1 saturated heterocycles. The van der Waals surface area contributed by atoms with Crippen LogP contribution in [0.15, 0.2) is 47.5 Å². The first-order chi connectivity index (χ1) is 14.0. The van der Waals surface area contributed by atoms with Crippen LogP contribution in [-0.2, 0) is 4.74 Å². The summed E-state index contributed by atoms with van der Waals surface area (Å²) in [6.45, 7) is 10.9. The molecule has 3 rings (SSSR count). The number of morpholine rings is 1. The lowest BCUT2D eigenvalue weighted by Crippen LogP contribution is -2.39. The zero-order valence-corrected chi connectivity index (χ0v) is 17.5. The molecule has 2 aromatic carbocycles. The number of amides is 1. The minimum atomic E-state index is -0.170. The highest BCUT2D eigenvalue weighted by molar-refractivity contribution is 6.10. The number of carbonyl (C=O) groups is 1. The summed E-state index contributed by atoms with van der Waals surface area (Å²) in [5.41, 5.74) is 4.94. The molecule has 2 aromatic rings. The number of aliphatic imine (C=N–C) groups is 1. The predicted molar refractivity (Wildman–Crippen MR) is 118 cm³/mol. The normalized spacial score (nSPS) is 15.2. The Hall–Kier alpha value is -2.70. The Morgan fingerprint density at radius 1 is 1.10 bits per heavy atom. The number of benzene rings is 2. The van der Waals surface area contributed by atoms with Gasteiger partial charge in [-0.1, -0.05) is 29.8 Å². The number of nitrogens with one attached hydrogen (secondary N) is 2. The van der Waals surface area contributed by atoms with Gasteiger partial charge in [0.15, 0.2) is 0 Å². The van der Waals surface area contributed by atoms with Crippen molar-refractivity contribution in [1.82, 2.24) is 10.2 Å². The van der Waals surface area contributed by atoms with E-state index in [0.29, 0.717) is 18.1 Å². The lowest BCUT2D eigenvalue weighted by atomic mass is 10.1. The first-order valence-corrected chi connectivity index (χ1v) is 10.1. The summed E-state index contributed by atoms with van der Waals surface area (Å²) < 4.78 is 5.39. The zero-order valence-electron chi connectivity index (χ0n) is 17.5. The lowest BCUT2D eigenvalue weighted by Gasteiger charge is -2.25. The maximum atomic E-state index is 12.8. The molecular formula is C23H30N4O2. The van der Waals surface area contributed by atoms with E-state index in [1.165, 1.54) is 5.56 Å². The summed E-state index contributed by atoms with van der Waals surface area (Å²) in [4.78, 5) is 19.7. The molecule has 1 fully saturated rings. The maximum Gasteiger partial charge on any atom is 0.257 e. The Morgan fingerprint density at radius 2 is 1.86 bits per heavy atom. The summed E-state index contributed by atoms with van der Waals surface area (Å²) in [6, 6.07) is 13.6. The topological polar surface area (TPSA) is 66.0 Å². The molecule has 0 radical (unpaired) electrons. The van der Waals surface area contributed by atoms with E-state index in [1.807, 2.05) is 43.3 Å². The Labute approximate surface area is 173 Å². The molecule has 2 N–H and O–H groups in total. The van der Waals surface area contributed by atoms with Crippen LogP contribution in [0.2, 0.25) is 0 Å². The van der Waals surface area contributed by atoms with Gasteiger partial charge in [0.25, 0.3) is 5.91 Å². The van der Waals surface area contributed by atoms with Gasteiger partial charge in [-0.3, -0.25) is 20.0 Å². The number of hydrogen-bond donors (Lipinski definition) is 2. The van der Waals surface area contributed by atoms with Crippen LogP contribution in [-0.4, -0.2) is 56.2 Å². The van der Waals surface area contributed by atoms with E-state index in [9.17, 15) is 4.79 Å². The predicted octanol–water partition coefficient (Wildman–Crippen LogP) is 3.14. The fourth-order valence-electron chi connectivity index (χ4n) is 3.22. The van der Waals surface area contributed by atoms with Crippen LogP contribution >= 0.6 is 0 Å². The van der Waals surface area contributed by atoms with Gasteiger partial charge in [0, 0.05) is 30.9 Å². The third-order valence-corrected chi connectivity index (χ3v) is 5.16. The molecule has 0 spiro atoms. The minimum absolute atomic E-state index is 0.170. The van der Waals surface area contributed by atoms with Crippen LogP contribution in [0, 0.1) is 20.8 Å². The molecule has 1 aliphatic rings. The SMILES string of the molecule is Cc1cccc(C(=O)NC(=NCCN2CCOCC2)Nc2cccc(C)c2C)c1. The summed E-state index contributed by atoms with van der Waals surface area (Å²) in [6.07, 6.45) is 0. The van der Waals surface area contributed by atoms with Gasteiger partial charge in [-0.25, -0.2) is 0 Å². The van der Waals surface area contributed by atoms with Crippen LogP contribution in [0.1, 0.15) is 27.0 Å². The van der Waals surface area contributed by atoms with Gasteiger partial charge in [0.05, 0.1) is 19.8 Å². The summed E-state index contributed by atoms with van der Waals surface area (Å²) in [7, 11) is 0. The zero-order chi connectivity index (χ0) is 20.6. The van der Waals surface area contributed by atoms with E-state index in [1.54, 1.807) is 0 Å². The summed E-state index contributed by atoms with van der Waals surface area (Å²) in [5.74, 6) is 0.301. The largest absolute Gasteiger partial charge is 0.379 e. The van der Waals surface area contributed by atoms with E-state index in [2.05, 4.69) is 40.4 Å². The molecule has 6 nitrogen and oxygen atoms in total. The third-order valence-electron chi connectivity index (χ3n) is 5.16. The van der Waals surface area contributed by atoms with E-state index >= 15 is 0 Å². The molecule has 0 atom stereocenters. The molecule has 0 aromatic heterocycles. The van der Waals surface area contributed by atoms with Crippen LogP contribution in [0.5, 0.6) is 0 Å². The number of carbonyl (C=O) groups excluding carboxylic acids is 1. The van der Waals surface area contributed by atoms with Crippen molar-refractivity contribution >= 4 is 17.6 Å². The van der Waals surface area contributed by atoms with Crippen molar-refractivity contribution in [1.29, 1.82) is 0 Å². The number of nitrogens with zero attached hydrogens (tertiary/aromatic N) is 2. The third kappa shape index (κ3) is 6.14. The van der Waals surface area contributed by atoms with Crippen molar-refractivity contribution in [2.45, 2.75) is 20.8 Å². The van der Waals surface area contributed by atoms with Crippen molar-refractivity contribution in [3.63, 3.8) is 0 Å². The molecule has 0 saturated carbocycles. The van der Waals surface area contributed by atoms with Crippen molar-refractivity contribution in [3.8, 4) is 0 Å². The number of ether oxygens (including phenoxy) is 1. The maximum absolute atomic E-state index is 12.8. The van der Waals surface area contributed by atoms with Gasteiger partial charge < -0.3 is 10.1 Å². The molecule has 0 bridgehead atoms. The standard InChI is InChI=1S/C23H30N4O2/c1-17-6-4-8-20(16-17)22(28)26-23(24-10-11-27-12-14-29-15-13-27)25-21-9-5-7-18(2)19(21)3/h4-9,16H,10-15H2,1-3H3,(H2,24,25,26,28). The Balaban J connectivity index is 1.73. The van der Waals surface area contributed by atoms with E-state index in [-0.39, 0.29) is 5.91 Å². The Morgan fingerprint density at radius 3 is 2.62 bits per heavy atom. The molecule has 154 valence electrons. The monoisotopic (exact) mass is 394 g/mol. The fraction of sp³-hybridized carbons (Fsp3) is 0.391. The quantitative estimate of drug-likeness (QED) is 0.604. The second-order valence-corrected chi connectivity index (χ2v) is 7.38. The van der Waals surface area contributed by atoms with Gasteiger partial charge in [0.2, 0.25) is 5.96 Å². The van der Waals surface area contributed by atoms with Gasteiger partial charge >= 0.3 is 0 Å². The Kier molecular flexibility index (Phi) is 7.38. The summed E-state index contributed by atoms with van der Waals surface area (Å²) >= 11 is 0.